The number of hydrogen-bond donors (Lipinski definition) is 2. The smallest absolute Gasteiger partial charge is 1.00 e. The predicted octanol–water partition coefficient (Wildman–Crippen LogP) is -9.03. The van der Waals surface area contributed by atoms with E-state index >= 15 is 0 Å². The van der Waals surface area contributed by atoms with Gasteiger partial charge in [0, 0.05) is 0 Å². The normalized spacial score (nSPS) is 11.0. The Labute approximate surface area is 147 Å². The number of rotatable bonds is 4. The summed E-state index contributed by atoms with van der Waals surface area (Å²) in [6.07, 6.45) is 0.617. The molecule has 7 nitrogen and oxygen atoms in total. The van der Waals surface area contributed by atoms with Gasteiger partial charge in [-0.1, -0.05) is 0 Å². The second kappa shape index (κ2) is 15.0. The Morgan fingerprint density at radius 3 is 1.94 bits per heavy atom. The first-order valence-corrected chi connectivity index (χ1v) is 9.04. The fourth-order valence-corrected chi connectivity index (χ4v) is 1.40. The molecule has 0 aliphatic rings. The zero-order chi connectivity index (χ0) is 11.8. The molecule has 0 amide bonds. The molecule has 0 spiro atoms. The monoisotopic (exact) mass is 387 g/mol. The minimum Gasteiger partial charge on any atom is 1.00 e. The maximum atomic E-state index is 10.1. The van der Waals surface area contributed by atoms with E-state index in [4.69, 9.17) is 26.9 Å². The topological polar surface area (TPSA) is 144 Å². The van der Waals surface area contributed by atoms with E-state index < -0.39 is 25.4 Å². The third-order valence-corrected chi connectivity index (χ3v) is 2.30. The van der Waals surface area contributed by atoms with Gasteiger partial charge in [-0.2, -0.15) is 0 Å². The van der Waals surface area contributed by atoms with Crippen LogP contribution in [0.25, 0.3) is 0 Å². The SMILES string of the molecule is C[Se]CC[C@H](N)C(=O)O.O=[Se](=O)([O-])[O-].[Na+].[Na+]. The zero-order valence-corrected chi connectivity index (χ0v) is 16.8. The van der Waals surface area contributed by atoms with Gasteiger partial charge in [-0.05, 0) is 0 Å². The molecule has 0 bridgehead atoms. The van der Waals surface area contributed by atoms with Crippen LogP contribution in [0.5, 0.6) is 0 Å². The van der Waals surface area contributed by atoms with Crippen LogP contribution in [-0.2, 0) is 12.5 Å². The number of carbonyl (C=O) groups is 1. The largest absolute Gasteiger partial charge is 1.00 e. The van der Waals surface area contributed by atoms with E-state index in [1.807, 2.05) is 0 Å². The third-order valence-electron chi connectivity index (χ3n) is 0.950. The Hall–Kier alpha value is 1.99. The van der Waals surface area contributed by atoms with E-state index in [2.05, 4.69) is 5.82 Å². The van der Waals surface area contributed by atoms with Gasteiger partial charge in [0.05, 0.1) is 0 Å². The molecule has 0 saturated carbocycles. The average Bonchev–Trinajstić information content (AvgIpc) is 1.96. The molecule has 0 saturated heterocycles. The van der Waals surface area contributed by atoms with Crippen LogP contribution < -0.4 is 73.2 Å². The molecule has 0 aromatic rings. The second-order valence-electron chi connectivity index (χ2n) is 2.13. The van der Waals surface area contributed by atoms with E-state index in [0.717, 1.165) is 5.32 Å². The molecular weight excluding hydrogens is 374 g/mol. The summed E-state index contributed by atoms with van der Waals surface area (Å²) >= 11 is -5.20. The molecule has 0 radical (unpaired) electrons. The van der Waals surface area contributed by atoms with Crippen LogP contribution in [0.2, 0.25) is 11.1 Å². The summed E-state index contributed by atoms with van der Waals surface area (Å²) in [4.78, 5) is 10.1. The molecule has 0 heterocycles. The van der Waals surface area contributed by atoms with E-state index in [9.17, 15) is 4.79 Å². The molecule has 0 aromatic heterocycles. The summed E-state index contributed by atoms with van der Waals surface area (Å²) in [5.74, 6) is 1.18. The minimum absolute atomic E-state index is 0. The van der Waals surface area contributed by atoms with Gasteiger partial charge in [-0.25, -0.2) is 0 Å². The van der Waals surface area contributed by atoms with Crippen molar-refractivity contribution in [2.24, 2.45) is 5.73 Å². The first kappa shape index (κ1) is 26.5. The van der Waals surface area contributed by atoms with Gasteiger partial charge in [-0.3, -0.25) is 0 Å². The molecule has 0 aliphatic carbocycles. The Morgan fingerprint density at radius 2 is 1.75 bits per heavy atom. The van der Waals surface area contributed by atoms with Crippen molar-refractivity contribution in [3.8, 4) is 0 Å². The van der Waals surface area contributed by atoms with Crippen LogP contribution in [0, 0.1) is 0 Å². The van der Waals surface area contributed by atoms with Crippen molar-refractivity contribution in [2.75, 3.05) is 0 Å². The molecule has 3 N–H and O–H groups in total. The van der Waals surface area contributed by atoms with Crippen LogP contribution in [-0.4, -0.2) is 45.4 Å². The summed E-state index contributed by atoms with van der Waals surface area (Å²) in [6, 6.07) is -0.646. The fourth-order valence-electron chi connectivity index (χ4n) is 0.368. The first-order chi connectivity index (χ1) is 6.18. The fraction of sp³-hybridized carbons (Fsp3) is 0.800. The quantitative estimate of drug-likeness (QED) is 0.458. The van der Waals surface area contributed by atoms with Crippen molar-refractivity contribution in [1.82, 2.24) is 0 Å². The predicted molar refractivity (Wildman–Crippen MR) is 43.8 cm³/mol. The molecule has 16 heavy (non-hydrogen) atoms. The average molecular weight is 385 g/mol. The van der Waals surface area contributed by atoms with Gasteiger partial charge in [-0.15, -0.1) is 0 Å². The molecule has 0 unspecified atom stereocenters. The van der Waals surface area contributed by atoms with Gasteiger partial charge in [0.15, 0.2) is 0 Å². The van der Waals surface area contributed by atoms with Crippen LogP contribution in [0.15, 0.2) is 0 Å². The Bertz CT molecular complexity index is 252. The summed E-state index contributed by atoms with van der Waals surface area (Å²) in [5.41, 5.74) is 5.21. The van der Waals surface area contributed by atoms with Gasteiger partial charge >= 0.3 is 149 Å². The molecule has 0 aromatic carbocycles. The summed E-state index contributed by atoms with van der Waals surface area (Å²) in [7, 11) is 0. The van der Waals surface area contributed by atoms with Crippen LogP contribution in [0.1, 0.15) is 6.42 Å². The summed E-state index contributed by atoms with van der Waals surface area (Å²) in [6.45, 7) is 0. The number of nitrogens with two attached hydrogens (primary N) is 1. The third kappa shape index (κ3) is 36.0. The number of hydrogen-bond acceptors (Lipinski definition) is 6. The minimum atomic E-state index is -5.75. The second-order valence-corrected chi connectivity index (χ2v) is 5.92. The van der Waals surface area contributed by atoms with Crippen molar-refractivity contribution in [3.63, 3.8) is 0 Å². The molecule has 11 heteroatoms. The molecule has 0 rings (SSSR count). The molecule has 0 aliphatic heterocycles. The molecule has 0 fully saturated rings. The molecule has 1 atom stereocenters. The Balaban J connectivity index is -0.0000000904. The summed E-state index contributed by atoms with van der Waals surface area (Å²) < 4.78 is 34.4. The maximum Gasteiger partial charge on any atom is 1.00 e. The maximum absolute atomic E-state index is 10.1. The molecule has 86 valence electrons. The van der Waals surface area contributed by atoms with Crippen LogP contribution in [0.4, 0.5) is 0 Å². The Morgan fingerprint density at radius 1 is 1.44 bits per heavy atom. The van der Waals surface area contributed by atoms with Gasteiger partial charge in [0.2, 0.25) is 0 Å². The number of aliphatic carboxylic acids is 1. The standard InChI is InChI=1S/C5H11NO2Se.2Na.H2O4Se/c1-9-3-2-4(6)5(7)8;;;1-5(2,3)4/h4H,2-3,6H2,1H3,(H,7,8);;;(H2,1,2,3,4)/q;2*+1;/p-2/t4-;;;/m0.../s1. The first-order valence-electron chi connectivity index (χ1n) is 3.32. The van der Waals surface area contributed by atoms with Crippen molar-refractivity contribution in [2.45, 2.75) is 23.6 Å². The van der Waals surface area contributed by atoms with E-state index in [-0.39, 0.29) is 59.1 Å². The van der Waals surface area contributed by atoms with Crippen molar-refractivity contribution >= 4 is 34.3 Å². The van der Waals surface area contributed by atoms with E-state index in [1.54, 1.807) is 0 Å². The van der Waals surface area contributed by atoms with Crippen molar-refractivity contribution in [3.05, 3.63) is 0 Å². The van der Waals surface area contributed by atoms with Crippen LogP contribution in [0.3, 0.4) is 0 Å². The zero-order valence-electron chi connectivity index (χ0n) is 9.37. The number of carboxylic acid groups (broad SMARTS) is 1. The number of carboxylic acids is 1. The van der Waals surface area contributed by atoms with E-state index in [1.165, 1.54) is 0 Å². The Kier molecular flexibility index (Phi) is 25.0. The van der Waals surface area contributed by atoms with Crippen LogP contribution >= 0.6 is 0 Å². The van der Waals surface area contributed by atoms with Crippen molar-refractivity contribution in [1.29, 1.82) is 0 Å². The molecular formula is C5H11NNa2O6Se2. The van der Waals surface area contributed by atoms with E-state index in [0.29, 0.717) is 21.4 Å². The summed E-state index contributed by atoms with van der Waals surface area (Å²) in [5, 5.41) is 9.25. The van der Waals surface area contributed by atoms with Gasteiger partial charge in [0.25, 0.3) is 0 Å². The van der Waals surface area contributed by atoms with Gasteiger partial charge in [0.1, 0.15) is 0 Å². The van der Waals surface area contributed by atoms with Crippen molar-refractivity contribution < 1.29 is 85.1 Å². The van der Waals surface area contributed by atoms with Gasteiger partial charge < -0.3 is 0 Å².